The summed E-state index contributed by atoms with van der Waals surface area (Å²) >= 11 is 0. The Morgan fingerprint density at radius 1 is 1.35 bits per heavy atom. The van der Waals surface area contributed by atoms with Crippen LogP contribution in [0.2, 0.25) is 0 Å². The van der Waals surface area contributed by atoms with E-state index in [1.54, 1.807) is 18.2 Å². The topological polar surface area (TPSA) is 44.1 Å². The van der Waals surface area contributed by atoms with E-state index in [1.807, 2.05) is 0 Å². The third kappa shape index (κ3) is 3.44. The molecule has 2 aromatic rings. The maximum absolute atomic E-state index is 13.6. The smallest absolute Gasteiger partial charge is 0.358 e. The molecular weight excluding hydrogens is 259 g/mol. The second-order valence-electron chi connectivity index (χ2n) is 4.92. The SMILES string of the molecule is CC(C)CCOC(=O)c1ccn(-c2ccccc2F)n1. The number of ether oxygens (including phenoxy) is 1. The molecule has 0 N–H and O–H groups in total. The Balaban J connectivity index is 2.06. The number of halogens is 1. The first-order valence-corrected chi connectivity index (χ1v) is 6.55. The van der Waals surface area contributed by atoms with E-state index in [4.69, 9.17) is 4.74 Å². The molecule has 0 amide bonds. The van der Waals surface area contributed by atoms with Gasteiger partial charge in [0, 0.05) is 6.20 Å². The molecular formula is C15H17FN2O2. The fourth-order valence-corrected chi connectivity index (χ4v) is 1.67. The fourth-order valence-electron chi connectivity index (χ4n) is 1.67. The number of carbonyl (C=O) groups is 1. The van der Waals surface area contributed by atoms with Crippen molar-refractivity contribution in [1.29, 1.82) is 0 Å². The van der Waals surface area contributed by atoms with Gasteiger partial charge < -0.3 is 4.74 Å². The summed E-state index contributed by atoms with van der Waals surface area (Å²) in [5, 5.41) is 4.04. The normalized spacial score (nSPS) is 10.8. The molecule has 0 atom stereocenters. The van der Waals surface area contributed by atoms with Crippen molar-refractivity contribution in [2.24, 2.45) is 5.92 Å². The molecule has 0 unspecified atom stereocenters. The summed E-state index contributed by atoms with van der Waals surface area (Å²) in [4.78, 5) is 11.8. The van der Waals surface area contributed by atoms with Gasteiger partial charge in [0.05, 0.1) is 6.61 Å². The van der Waals surface area contributed by atoms with Crippen LogP contribution in [-0.2, 0) is 4.74 Å². The minimum absolute atomic E-state index is 0.178. The lowest BCUT2D eigenvalue weighted by Gasteiger charge is -2.05. The first-order chi connectivity index (χ1) is 9.58. The molecule has 0 spiro atoms. The Morgan fingerprint density at radius 2 is 2.10 bits per heavy atom. The molecule has 0 saturated heterocycles. The van der Waals surface area contributed by atoms with Crippen LogP contribution in [-0.4, -0.2) is 22.4 Å². The molecule has 0 fully saturated rings. The van der Waals surface area contributed by atoms with Gasteiger partial charge in [-0.05, 0) is 30.5 Å². The molecule has 0 radical (unpaired) electrons. The predicted octanol–water partition coefficient (Wildman–Crippen LogP) is 3.21. The number of hydrogen-bond acceptors (Lipinski definition) is 3. The van der Waals surface area contributed by atoms with Gasteiger partial charge in [-0.25, -0.2) is 13.9 Å². The number of para-hydroxylation sites is 1. The summed E-state index contributed by atoms with van der Waals surface area (Å²) in [6, 6.07) is 7.77. The minimum Gasteiger partial charge on any atom is -0.461 e. The number of esters is 1. The summed E-state index contributed by atoms with van der Waals surface area (Å²) in [6.07, 6.45) is 2.34. The zero-order chi connectivity index (χ0) is 14.5. The third-order valence-corrected chi connectivity index (χ3v) is 2.83. The Hall–Kier alpha value is -2.17. The molecule has 20 heavy (non-hydrogen) atoms. The van der Waals surface area contributed by atoms with E-state index in [9.17, 15) is 9.18 Å². The molecule has 4 nitrogen and oxygen atoms in total. The van der Waals surface area contributed by atoms with Gasteiger partial charge >= 0.3 is 5.97 Å². The molecule has 1 aromatic carbocycles. The highest BCUT2D eigenvalue weighted by Gasteiger charge is 2.13. The minimum atomic E-state index is -0.485. The quantitative estimate of drug-likeness (QED) is 0.788. The first kappa shape index (κ1) is 14.2. The summed E-state index contributed by atoms with van der Waals surface area (Å²) in [6.45, 7) is 4.48. The summed E-state index contributed by atoms with van der Waals surface area (Å²) in [7, 11) is 0. The molecule has 106 valence electrons. The lowest BCUT2D eigenvalue weighted by molar-refractivity contribution is 0.0480. The lowest BCUT2D eigenvalue weighted by atomic mass is 10.1. The average Bonchev–Trinajstić information content (AvgIpc) is 2.88. The van der Waals surface area contributed by atoms with Crippen LogP contribution < -0.4 is 0 Å². The van der Waals surface area contributed by atoms with Gasteiger partial charge in [0.1, 0.15) is 11.5 Å². The van der Waals surface area contributed by atoms with Crippen LogP contribution in [0.4, 0.5) is 4.39 Å². The van der Waals surface area contributed by atoms with E-state index in [2.05, 4.69) is 18.9 Å². The summed E-state index contributed by atoms with van der Waals surface area (Å²) in [5.41, 5.74) is 0.478. The van der Waals surface area contributed by atoms with Crippen LogP contribution in [0.3, 0.4) is 0 Å². The third-order valence-electron chi connectivity index (χ3n) is 2.83. The summed E-state index contributed by atoms with van der Waals surface area (Å²) < 4.78 is 20.0. The predicted molar refractivity (Wildman–Crippen MR) is 73.3 cm³/mol. The van der Waals surface area contributed by atoms with E-state index < -0.39 is 11.8 Å². The maximum Gasteiger partial charge on any atom is 0.358 e. The van der Waals surface area contributed by atoms with Crippen molar-refractivity contribution in [1.82, 2.24) is 9.78 Å². The molecule has 0 saturated carbocycles. The number of hydrogen-bond donors (Lipinski definition) is 0. The van der Waals surface area contributed by atoms with E-state index >= 15 is 0 Å². The number of carbonyl (C=O) groups excluding carboxylic acids is 1. The lowest BCUT2D eigenvalue weighted by Crippen LogP contribution is -2.09. The van der Waals surface area contributed by atoms with Crippen molar-refractivity contribution in [3.05, 3.63) is 48.0 Å². The molecule has 0 aliphatic carbocycles. The van der Waals surface area contributed by atoms with E-state index in [1.165, 1.54) is 23.0 Å². The molecule has 1 heterocycles. The van der Waals surface area contributed by atoms with Crippen LogP contribution in [0.5, 0.6) is 0 Å². The molecule has 2 rings (SSSR count). The van der Waals surface area contributed by atoms with Gasteiger partial charge in [-0.3, -0.25) is 0 Å². The highest BCUT2D eigenvalue weighted by Crippen LogP contribution is 2.12. The van der Waals surface area contributed by atoms with Crippen molar-refractivity contribution in [3.8, 4) is 5.69 Å². The molecule has 1 aromatic heterocycles. The fraction of sp³-hybridized carbons (Fsp3) is 0.333. The van der Waals surface area contributed by atoms with Crippen LogP contribution in [0, 0.1) is 11.7 Å². The van der Waals surface area contributed by atoms with Gasteiger partial charge in [0.15, 0.2) is 5.69 Å². The molecule has 0 bridgehead atoms. The molecule has 0 aliphatic heterocycles. The zero-order valence-electron chi connectivity index (χ0n) is 11.5. The van der Waals surface area contributed by atoms with Crippen molar-refractivity contribution in [2.45, 2.75) is 20.3 Å². The Bertz CT molecular complexity index is 593. The highest BCUT2D eigenvalue weighted by atomic mass is 19.1. The van der Waals surface area contributed by atoms with E-state index in [0.717, 1.165) is 6.42 Å². The Labute approximate surface area is 117 Å². The first-order valence-electron chi connectivity index (χ1n) is 6.55. The van der Waals surface area contributed by atoms with Crippen LogP contribution in [0.15, 0.2) is 36.5 Å². The number of aromatic nitrogens is 2. The van der Waals surface area contributed by atoms with Crippen molar-refractivity contribution in [3.63, 3.8) is 0 Å². The van der Waals surface area contributed by atoms with Crippen molar-refractivity contribution < 1.29 is 13.9 Å². The van der Waals surface area contributed by atoms with Gasteiger partial charge in [-0.2, -0.15) is 5.10 Å². The standard InChI is InChI=1S/C15H17FN2O2/c1-11(2)8-10-20-15(19)13-7-9-18(17-13)14-6-4-3-5-12(14)16/h3-7,9,11H,8,10H2,1-2H3. The molecule has 5 heteroatoms. The number of benzene rings is 1. The van der Waals surface area contributed by atoms with Crippen molar-refractivity contribution >= 4 is 5.97 Å². The van der Waals surface area contributed by atoms with E-state index in [0.29, 0.717) is 18.2 Å². The van der Waals surface area contributed by atoms with Gasteiger partial charge in [-0.15, -0.1) is 0 Å². The highest BCUT2D eigenvalue weighted by molar-refractivity contribution is 5.87. The number of rotatable bonds is 5. The number of nitrogens with zero attached hydrogens (tertiary/aromatic N) is 2. The summed E-state index contributed by atoms with van der Waals surface area (Å²) in [5.74, 6) is -0.408. The van der Waals surface area contributed by atoms with Crippen LogP contribution >= 0.6 is 0 Å². The van der Waals surface area contributed by atoms with Crippen LogP contribution in [0.25, 0.3) is 5.69 Å². The second-order valence-corrected chi connectivity index (χ2v) is 4.92. The Kier molecular flexibility index (Phi) is 4.50. The monoisotopic (exact) mass is 276 g/mol. The zero-order valence-corrected chi connectivity index (χ0v) is 11.5. The molecule has 0 aliphatic rings. The van der Waals surface area contributed by atoms with E-state index in [-0.39, 0.29) is 5.69 Å². The largest absolute Gasteiger partial charge is 0.461 e. The maximum atomic E-state index is 13.6. The average molecular weight is 276 g/mol. The second kappa shape index (κ2) is 6.32. The van der Waals surface area contributed by atoms with Gasteiger partial charge in [0.25, 0.3) is 0 Å². The van der Waals surface area contributed by atoms with Crippen LogP contribution in [0.1, 0.15) is 30.8 Å². The Morgan fingerprint density at radius 3 is 2.80 bits per heavy atom. The van der Waals surface area contributed by atoms with Gasteiger partial charge in [0.2, 0.25) is 0 Å². The van der Waals surface area contributed by atoms with Gasteiger partial charge in [-0.1, -0.05) is 26.0 Å². The van der Waals surface area contributed by atoms with Crippen molar-refractivity contribution in [2.75, 3.05) is 6.61 Å².